The molecule has 0 fully saturated rings. The van der Waals surface area contributed by atoms with Gasteiger partial charge in [0.2, 0.25) is 5.91 Å². The first-order chi connectivity index (χ1) is 15.0. The summed E-state index contributed by atoms with van der Waals surface area (Å²) in [4.78, 5) is 17.2. The van der Waals surface area contributed by atoms with Crippen LogP contribution in [-0.4, -0.2) is 30.1 Å². The summed E-state index contributed by atoms with van der Waals surface area (Å²) >= 11 is 0. The molecule has 0 saturated heterocycles. The van der Waals surface area contributed by atoms with Gasteiger partial charge in [-0.3, -0.25) is 4.79 Å². The zero-order valence-corrected chi connectivity index (χ0v) is 18.5. The Balaban J connectivity index is 1.88. The predicted molar refractivity (Wildman–Crippen MR) is 116 cm³/mol. The lowest BCUT2D eigenvalue weighted by atomic mass is 10.00. The number of hydrogen-bond donors (Lipinski definition) is 1. The van der Waals surface area contributed by atoms with Gasteiger partial charge in [0.05, 0.1) is 22.6 Å². The molecule has 10 heteroatoms. The molecule has 2 aromatic carbocycles. The molecule has 172 valence electrons. The molecule has 0 bridgehead atoms. The zero-order valence-electron chi connectivity index (χ0n) is 17.7. The number of nitrogens with zero attached hydrogens (tertiary/aromatic N) is 2. The van der Waals surface area contributed by atoms with Crippen molar-refractivity contribution in [2.45, 2.75) is 44.3 Å². The van der Waals surface area contributed by atoms with Gasteiger partial charge in [-0.1, -0.05) is 37.6 Å². The maximum atomic E-state index is 13.1. The van der Waals surface area contributed by atoms with Crippen LogP contribution in [0.3, 0.4) is 0 Å². The summed E-state index contributed by atoms with van der Waals surface area (Å²) in [5.41, 5.74) is 0.748. The third-order valence-electron chi connectivity index (χ3n) is 4.96. The van der Waals surface area contributed by atoms with Crippen molar-refractivity contribution in [3.05, 3.63) is 65.5 Å². The van der Waals surface area contributed by atoms with Gasteiger partial charge in [0.1, 0.15) is 18.1 Å². The van der Waals surface area contributed by atoms with Crippen LogP contribution in [0, 0.1) is 0 Å². The second kappa shape index (κ2) is 9.32. The topological polar surface area (TPSA) is 81.1 Å². The highest BCUT2D eigenvalue weighted by Gasteiger charge is 2.31. The molecule has 1 amide bonds. The van der Waals surface area contributed by atoms with Crippen molar-refractivity contribution < 1.29 is 26.4 Å². The molecule has 1 heterocycles. The van der Waals surface area contributed by atoms with Gasteiger partial charge in [-0.25, -0.2) is 13.4 Å². The smallest absolute Gasteiger partial charge is 0.348 e. The molecule has 0 aliphatic carbocycles. The summed E-state index contributed by atoms with van der Waals surface area (Å²) in [7, 11) is -3.40. The van der Waals surface area contributed by atoms with Gasteiger partial charge in [-0.2, -0.15) is 13.2 Å². The molecule has 1 atom stereocenters. The average Bonchev–Trinajstić information content (AvgIpc) is 3.02. The highest BCUT2D eigenvalue weighted by molar-refractivity contribution is 7.89. The van der Waals surface area contributed by atoms with E-state index in [0.29, 0.717) is 29.4 Å². The van der Waals surface area contributed by atoms with E-state index in [2.05, 4.69) is 10.3 Å². The summed E-state index contributed by atoms with van der Waals surface area (Å²) < 4.78 is 64.5. The van der Waals surface area contributed by atoms with Gasteiger partial charge in [0.25, 0.3) is 0 Å². The Bertz CT molecular complexity index is 1220. The molecule has 1 aromatic heterocycles. The van der Waals surface area contributed by atoms with Crippen LogP contribution in [-0.2, 0) is 33.1 Å². The van der Waals surface area contributed by atoms with Crippen molar-refractivity contribution in [3.8, 4) is 0 Å². The van der Waals surface area contributed by atoms with Crippen LogP contribution in [0.4, 0.5) is 13.2 Å². The largest absolute Gasteiger partial charge is 0.416 e. The molecular formula is C22H24F3N3O3S. The van der Waals surface area contributed by atoms with Crippen LogP contribution >= 0.6 is 0 Å². The molecule has 3 aromatic rings. The van der Waals surface area contributed by atoms with Gasteiger partial charge in [0, 0.05) is 6.26 Å². The van der Waals surface area contributed by atoms with E-state index in [4.69, 9.17) is 0 Å². The monoisotopic (exact) mass is 467 g/mol. The highest BCUT2D eigenvalue weighted by Crippen LogP contribution is 2.31. The Morgan fingerprint density at radius 2 is 1.88 bits per heavy atom. The lowest BCUT2D eigenvalue weighted by Crippen LogP contribution is -2.32. The molecule has 0 radical (unpaired) electrons. The highest BCUT2D eigenvalue weighted by atomic mass is 32.2. The second-order valence-corrected chi connectivity index (χ2v) is 9.85. The number of alkyl halides is 3. The standard InChI is InChI=1S/C22H24F3N3O3S/c1-3-7-17(15-8-6-9-16(12-15)22(23,24)25)27-21(29)13-28-19-11-5-4-10-18(19)26-20(28)14-32(2,30)31/h4-6,8-12,17H,3,7,13-14H2,1-2H3,(H,27,29). The van der Waals surface area contributed by atoms with Crippen LogP contribution in [0.2, 0.25) is 0 Å². The van der Waals surface area contributed by atoms with Crippen LogP contribution in [0.25, 0.3) is 11.0 Å². The number of fused-ring (bicyclic) bond motifs is 1. The molecule has 32 heavy (non-hydrogen) atoms. The van der Waals surface area contributed by atoms with Crippen LogP contribution in [0.5, 0.6) is 0 Å². The number of rotatable bonds is 8. The number of carbonyl (C=O) groups is 1. The van der Waals surface area contributed by atoms with Gasteiger partial charge >= 0.3 is 6.18 Å². The number of nitrogens with one attached hydrogen (secondary N) is 1. The fraction of sp³-hybridized carbons (Fsp3) is 0.364. The molecule has 1 N–H and O–H groups in total. The summed E-state index contributed by atoms with van der Waals surface area (Å²) in [5.74, 6) is -0.547. The first-order valence-electron chi connectivity index (χ1n) is 10.1. The van der Waals surface area contributed by atoms with Crippen LogP contribution < -0.4 is 5.32 Å². The van der Waals surface area contributed by atoms with Gasteiger partial charge in [-0.15, -0.1) is 0 Å². The van der Waals surface area contributed by atoms with Crippen molar-refractivity contribution in [1.82, 2.24) is 14.9 Å². The van der Waals surface area contributed by atoms with Crippen LogP contribution in [0.1, 0.15) is 42.8 Å². The number of amides is 1. The summed E-state index contributed by atoms with van der Waals surface area (Å²) in [6.45, 7) is 1.67. The molecule has 1 unspecified atom stereocenters. The number of hydrogen-bond acceptors (Lipinski definition) is 4. The van der Waals surface area contributed by atoms with E-state index >= 15 is 0 Å². The minimum absolute atomic E-state index is 0.204. The number of imidazole rings is 1. The lowest BCUT2D eigenvalue weighted by molar-refractivity contribution is -0.137. The van der Waals surface area contributed by atoms with Crippen molar-refractivity contribution in [2.75, 3.05) is 6.26 Å². The lowest BCUT2D eigenvalue weighted by Gasteiger charge is -2.20. The fourth-order valence-electron chi connectivity index (χ4n) is 3.57. The maximum Gasteiger partial charge on any atom is 0.416 e. The number of sulfone groups is 1. The van der Waals surface area contributed by atoms with Crippen molar-refractivity contribution in [1.29, 1.82) is 0 Å². The minimum atomic E-state index is -4.48. The van der Waals surface area contributed by atoms with Crippen molar-refractivity contribution in [3.63, 3.8) is 0 Å². The molecular weight excluding hydrogens is 443 g/mol. The Kier molecular flexibility index (Phi) is 6.92. The van der Waals surface area contributed by atoms with Gasteiger partial charge < -0.3 is 9.88 Å². The average molecular weight is 468 g/mol. The molecule has 0 aliphatic rings. The molecule has 0 aliphatic heterocycles. The number of aromatic nitrogens is 2. The number of carbonyl (C=O) groups excluding carboxylic acids is 1. The predicted octanol–water partition coefficient (Wildman–Crippen LogP) is 4.26. The third-order valence-corrected chi connectivity index (χ3v) is 5.74. The normalized spacial score (nSPS) is 13.3. The number of halogens is 3. The minimum Gasteiger partial charge on any atom is -0.348 e. The van der Waals surface area contributed by atoms with E-state index in [0.717, 1.165) is 18.4 Å². The molecule has 0 saturated carbocycles. The quantitative estimate of drug-likeness (QED) is 0.537. The fourth-order valence-corrected chi connectivity index (χ4v) is 4.26. The number of benzene rings is 2. The van der Waals surface area contributed by atoms with E-state index in [-0.39, 0.29) is 18.1 Å². The SMILES string of the molecule is CCCC(NC(=O)Cn1c(CS(C)(=O)=O)nc2ccccc21)c1cccc(C(F)(F)F)c1. The van der Waals surface area contributed by atoms with Gasteiger partial charge in [0.15, 0.2) is 9.84 Å². The first kappa shape index (κ1) is 23.8. The second-order valence-electron chi connectivity index (χ2n) is 7.70. The van der Waals surface area contributed by atoms with Gasteiger partial charge in [-0.05, 0) is 36.2 Å². The van der Waals surface area contributed by atoms with E-state index < -0.39 is 33.5 Å². The van der Waals surface area contributed by atoms with E-state index in [1.165, 1.54) is 10.6 Å². The van der Waals surface area contributed by atoms with E-state index in [1.54, 1.807) is 30.3 Å². The summed E-state index contributed by atoms with van der Waals surface area (Å²) in [5, 5.41) is 2.80. The molecule has 6 nitrogen and oxygen atoms in total. The first-order valence-corrected chi connectivity index (χ1v) is 12.1. The summed E-state index contributed by atoms with van der Waals surface area (Å²) in [6.07, 6.45) is -2.29. The van der Waals surface area contributed by atoms with Crippen molar-refractivity contribution in [2.24, 2.45) is 0 Å². The zero-order chi connectivity index (χ0) is 23.5. The Morgan fingerprint density at radius 1 is 1.16 bits per heavy atom. The maximum absolute atomic E-state index is 13.1. The van der Waals surface area contributed by atoms with E-state index in [9.17, 15) is 26.4 Å². The van der Waals surface area contributed by atoms with Crippen molar-refractivity contribution >= 4 is 26.8 Å². The Morgan fingerprint density at radius 3 is 2.53 bits per heavy atom. The third kappa shape index (κ3) is 5.87. The number of para-hydroxylation sites is 2. The molecule has 3 rings (SSSR count). The Labute approximate surface area is 184 Å². The summed E-state index contributed by atoms with van der Waals surface area (Å²) in [6, 6.07) is 11.3. The van der Waals surface area contributed by atoms with E-state index in [1.807, 2.05) is 6.92 Å². The Hall–Kier alpha value is -2.88. The van der Waals surface area contributed by atoms with Crippen LogP contribution in [0.15, 0.2) is 48.5 Å². The molecule has 0 spiro atoms.